The van der Waals surface area contributed by atoms with Crippen LogP contribution in [0.1, 0.15) is 25.2 Å². The molecule has 24 heavy (non-hydrogen) atoms. The first kappa shape index (κ1) is 17.4. The number of aromatic nitrogens is 2. The van der Waals surface area contributed by atoms with Crippen LogP contribution in [0, 0.1) is 19.8 Å². The first-order valence-corrected chi connectivity index (χ1v) is 9.17. The number of amides is 1. The Morgan fingerprint density at radius 3 is 2.46 bits per heavy atom. The van der Waals surface area contributed by atoms with Crippen molar-refractivity contribution in [3.63, 3.8) is 0 Å². The Labute approximate surface area is 145 Å². The van der Waals surface area contributed by atoms with E-state index < -0.39 is 0 Å². The molecule has 0 unspecified atom stereocenters. The predicted octanol–water partition coefficient (Wildman–Crippen LogP) is 0.984. The van der Waals surface area contributed by atoms with Crippen LogP contribution in [0.15, 0.2) is 6.07 Å². The molecule has 134 valence electrons. The van der Waals surface area contributed by atoms with Gasteiger partial charge < -0.3 is 4.90 Å². The minimum atomic E-state index is 0.209. The average Bonchev–Trinajstić information content (AvgIpc) is 3.07. The third-order valence-electron chi connectivity index (χ3n) is 5.61. The maximum atomic E-state index is 11.5. The average molecular weight is 333 g/mol. The van der Waals surface area contributed by atoms with Gasteiger partial charge in [0.1, 0.15) is 0 Å². The lowest BCUT2D eigenvalue weighted by Gasteiger charge is -2.39. The number of rotatable bonds is 4. The number of hydrogen-bond acceptors (Lipinski definition) is 4. The van der Waals surface area contributed by atoms with Crippen molar-refractivity contribution in [1.29, 1.82) is 0 Å². The van der Waals surface area contributed by atoms with Crippen molar-refractivity contribution in [1.82, 2.24) is 24.5 Å². The molecular weight excluding hydrogens is 302 g/mol. The van der Waals surface area contributed by atoms with Gasteiger partial charge in [-0.05, 0) is 25.8 Å². The minimum Gasteiger partial charge on any atom is -0.340 e. The van der Waals surface area contributed by atoms with Crippen LogP contribution in [0.2, 0.25) is 0 Å². The highest BCUT2D eigenvalue weighted by Crippen LogP contribution is 2.23. The zero-order chi connectivity index (χ0) is 17.3. The van der Waals surface area contributed by atoms with E-state index in [9.17, 15) is 4.79 Å². The first-order valence-electron chi connectivity index (χ1n) is 9.17. The molecule has 6 heteroatoms. The van der Waals surface area contributed by atoms with E-state index in [0.717, 1.165) is 58.1 Å². The number of hydrogen-bond donors (Lipinski definition) is 0. The fourth-order valence-corrected chi connectivity index (χ4v) is 4.21. The highest BCUT2D eigenvalue weighted by molar-refractivity contribution is 5.73. The zero-order valence-electron chi connectivity index (χ0n) is 15.5. The van der Waals surface area contributed by atoms with Gasteiger partial charge in [0.15, 0.2) is 0 Å². The highest BCUT2D eigenvalue weighted by atomic mass is 16.2. The summed E-state index contributed by atoms with van der Waals surface area (Å²) in [5.41, 5.74) is 2.35. The summed E-state index contributed by atoms with van der Waals surface area (Å²) in [5, 5.41) is 4.57. The van der Waals surface area contributed by atoms with Gasteiger partial charge in [0.25, 0.3) is 0 Å². The molecule has 2 saturated heterocycles. The molecule has 2 atom stereocenters. The van der Waals surface area contributed by atoms with Gasteiger partial charge in [0.2, 0.25) is 5.91 Å². The van der Waals surface area contributed by atoms with E-state index >= 15 is 0 Å². The summed E-state index contributed by atoms with van der Waals surface area (Å²) in [4.78, 5) is 18.6. The summed E-state index contributed by atoms with van der Waals surface area (Å²) in [6.45, 7) is 16.3. The van der Waals surface area contributed by atoms with Gasteiger partial charge in [-0.15, -0.1) is 0 Å². The summed E-state index contributed by atoms with van der Waals surface area (Å²) < 4.78 is 2.12. The second kappa shape index (κ2) is 7.23. The summed E-state index contributed by atoms with van der Waals surface area (Å²) >= 11 is 0. The zero-order valence-corrected chi connectivity index (χ0v) is 15.5. The van der Waals surface area contributed by atoms with Crippen LogP contribution < -0.4 is 0 Å². The molecule has 0 saturated carbocycles. The lowest BCUT2D eigenvalue weighted by molar-refractivity contribution is -0.130. The Bertz CT molecular complexity index is 576. The van der Waals surface area contributed by atoms with Gasteiger partial charge in [-0.3, -0.25) is 19.3 Å². The molecule has 3 heterocycles. The number of nitrogens with zero attached hydrogens (tertiary/aromatic N) is 5. The van der Waals surface area contributed by atoms with Crippen LogP contribution in [0.25, 0.3) is 0 Å². The van der Waals surface area contributed by atoms with E-state index in [1.807, 2.05) is 4.90 Å². The van der Waals surface area contributed by atoms with E-state index in [1.54, 1.807) is 6.92 Å². The van der Waals surface area contributed by atoms with Gasteiger partial charge in [0.05, 0.1) is 12.2 Å². The van der Waals surface area contributed by atoms with Crippen LogP contribution >= 0.6 is 0 Å². The standard InChI is InChI=1S/C18H31N5O/c1-14-12-20(5-10-23-16(3)11-15(2)19-23)13-18(14)22-8-6-21(7-9-22)17(4)24/h11,14,18H,5-10,12-13H2,1-4H3/t14-,18-/m0/s1. The molecule has 0 N–H and O–H groups in total. The van der Waals surface area contributed by atoms with E-state index in [1.165, 1.54) is 5.69 Å². The number of carbonyl (C=O) groups excluding carboxylic acids is 1. The van der Waals surface area contributed by atoms with Crippen molar-refractivity contribution < 1.29 is 4.79 Å². The topological polar surface area (TPSA) is 44.6 Å². The van der Waals surface area contributed by atoms with Crippen molar-refractivity contribution in [2.45, 2.75) is 40.3 Å². The lowest BCUT2D eigenvalue weighted by atomic mass is 10.0. The number of likely N-dealkylation sites (tertiary alicyclic amines) is 1. The third-order valence-corrected chi connectivity index (χ3v) is 5.61. The third kappa shape index (κ3) is 3.81. The quantitative estimate of drug-likeness (QED) is 0.824. The smallest absolute Gasteiger partial charge is 0.219 e. The lowest BCUT2D eigenvalue weighted by Crippen LogP contribution is -2.53. The van der Waals surface area contributed by atoms with Gasteiger partial charge in [-0.1, -0.05) is 6.92 Å². The van der Waals surface area contributed by atoms with Crippen LogP contribution in [0.4, 0.5) is 0 Å². The molecule has 0 aromatic carbocycles. The van der Waals surface area contributed by atoms with Crippen LogP contribution in [-0.4, -0.2) is 82.2 Å². The van der Waals surface area contributed by atoms with Crippen molar-refractivity contribution in [3.8, 4) is 0 Å². The van der Waals surface area contributed by atoms with E-state index in [4.69, 9.17) is 0 Å². The Morgan fingerprint density at radius 1 is 1.17 bits per heavy atom. The second-order valence-electron chi connectivity index (χ2n) is 7.50. The molecule has 1 aromatic heterocycles. The van der Waals surface area contributed by atoms with Crippen LogP contribution in [0.5, 0.6) is 0 Å². The minimum absolute atomic E-state index is 0.209. The Hall–Kier alpha value is -1.40. The molecule has 2 fully saturated rings. The molecule has 3 rings (SSSR count). The summed E-state index contributed by atoms with van der Waals surface area (Å²) in [6.07, 6.45) is 0. The molecule has 0 spiro atoms. The molecule has 1 amide bonds. The Kier molecular flexibility index (Phi) is 5.25. The maximum absolute atomic E-state index is 11.5. The van der Waals surface area contributed by atoms with Gasteiger partial charge in [-0.25, -0.2) is 0 Å². The van der Waals surface area contributed by atoms with E-state index in [0.29, 0.717) is 12.0 Å². The number of aryl methyl sites for hydroxylation is 2. The van der Waals surface area contributed by atoms with E-state index in [-0.39, 0.29) is 5.91 Å². The van der Waals surface area contributed by atoms with E-state index in [2.05, 4.69) is 46.4 Å². The molecule has 6 nitrogen and oxygen atoms in total. The molecule has 0 radical (unpaired) electrons. The Morgan fingerprint density at radius 2 is 1.88 bits per heavy atom. The van der Waals surface area contributed by atoms with Crippen LogP contribution in [-0.2, 0) is 11.3 Å². The Balaban J connectivity index is 1.50. The van der Waals surface area contributed by atoms with Crippen molar-refractivity contribution in [2.75, 3.05) is 45.8 Å². The first-order chi connectivity index (χ1) is 11.4. The van der Waals surface area contributed by atoms with Gasteiger partial charge in [-0.2, -0.15) is 5.10 Å². The van der Waals surface area contributed by atoms with Crippen molar-refractivity contribution in [2.24, 2.45) is 5.92 Å². The van der Waals surface area contributed by atoms with Crippen LogP contribution in [0.3, 0.4) is 0 Å². The number of carbonyl (C=O) groups is 1. The normalized spacial score (nSPS) is 26.2. The molecule has 0 bridgehead atoms. The van der Waals surface area contributed by atoms with Crippen molar-refractivity contribution >= 4 is 5.91 Å². The second-order valence-corrected chi connectivity index (χ2v) is 7.50. The summed E-state index contributed by atoms with van der Waals surface area (Å²) in [7, 11) is 0. The molecule has 2 aliphatic rings. The maximum Gasteiger partial charge on any atom is 0.219 e. The summed E-state index contributed by atoms with van der Waals surface area (Å²) in [6, 6.07) is 2.77. The number of piperazine rings is 1. The van der Waals surface area contributed by atoms with Crippen molar-refractivity contribution in [3.05, 3.63) is 17.5 Å². The molecule has 2 aliphatic heterocycles. The predicted molar refractivity (Wildman–Crippen MR) is 94.9 cm³/mol. The summed E-state index contributed by atoms with van der Waals surface area (Å²) in [5.74, 6) is 0.898. The largest absolute Gasteiger partial charge is 0.340 e. The molecule has 1 aromatic rings. The fraction of sp³-hybridized carbons (Fsp3) is 0.778. The van der Waals surface area contributed by atoms with Gasteiger partial charge >= 0.3 is 0 Å². The highest BCUT2D eigenvalue weighted by Gasteiger charge is 2.35. The molecule has 0 aliphatic carbocycles. The van der Waals surface area contributed by atoms with Gasteiger partial charge in [0, 0.05) is 64.5 Å². The SMILES string of the molecule is CC(=O)N1CCN([C@H]2CN(CCn3nc(C)cc3C)C[C@@H]2C)CC1. The monoisotopic (exact) mass is 333 g/mol. The molecular formula is C18H31N5O. The fourth-order valence-electron chi connectivity index (χ4n) is 4.21.